The lowest BCUT2D eigenvalue weighted by molar-refractivity contribution is 0.0687. The third-order valence-electron chi connectivity index (χ3n) is 4.13. The molecule has 0 radical (unpaired) electrons. The van der Waals surface area contributed by atoms with Crippen molar-refractivity contribution in [3.8, 4) is 0 Å². The highest BCUT2D eigenvalue weighted by molar-refractivity contribution is 6.29. The van der Waals surface area contributed by atoms with Gasteiger partial charge in [0.2, 0.25) is 5.56 Å². The van der Waals surface area contributed by atoms with Crippen LogP contribution in [-0.2, 0) is 6.54 Å². The third-order valence-corrected chi connectivity index (χ3v) is 4.34. The molecule has 1 aromatic carbocycles. The number of benzene rings is 1. The van der Waals surface area contributed by atoms with Crippen LogP contribution < -0.4 is 10.5 Å². The number of H-pyrrole nitrogens is 1. The minimum Gasteiger partial charge on any atom is -0.372 e. The molecular weight excluding hydrogens is 314 g/mol. The Hall–Kier alpha value is -2.27. The van der Waals surface area contributed by atoms with E-state index in [-0.39, 0.29) is 22.7 Å². The Kier molecular flexibility index (Phi) is 4.13. The Labute approximate surface area is 139 Å². The molecule has 6 heteroatoms. The fraction of sp³-hybridized carbons (Fsp3) is 0.294. The highest BCUT2D eigenvalue weighted by Gasteiger charge is 2.27. The topological polar surface area (TPSA) is 56.4 Å². The summed E-state index contributed by atoms with van der Waals surface area (Å²) in [5.74, 6) is -0.185. The molecule has 2 aromatic rings. The van der Waals surface area contributed by atoms with Crippen LogP contribution in [0.3, 0.4) is 0 Å². The summed E-state index contributed by atoms with van der Waals surface area (Å²) in [6.07, 6.45) is 0. The second-order valence-corrected chi connectivity index (χ2v) is 6.28. The zero-order valence-corrected chi connectivity index (χ0v) is 13.8. The Morgan fingerprint density at radius 2 is 2.04 bits per heavy atom. The van der Waals surface area contributed by atoms with Gasteiger partial charge in [-0.25, -0.2) is 0 Å². The summed E-state index contributed by atoms with van der Waals surface area (Å²) in [6.45, 7) is 3.24. The molecule has 0 spiro atoms. The van der Waals surface area contributed by atoms with Crippen molar-refractivity contribution in [1.82, 2.24) is 9.88 Å². The fourth-order valence-corrected chi connectivity index (χ4v) is 3.23. The molecule has 5 nitrogen and oxygen atoms in total. The molecule has 1 aliphatic heterocycles. The number of nitrogens with zero attached hydrogens (tertiary/aromatic N) is 2. The van der Waals surface area contributed by atoms with E-state index >= 15 is 0 Å². The Morgan fingerprint density at radius 3 is 2.78 bits per heavy atom. The van der Waals surface area contributed by atoms with Gasteiger partial charge in [-0.05, 0) is 24.6 Å². The van der Waals surface area contributed by atoms with Gasteiger partial charge in [0, 0.05) is 43.5 Å². The molecule has 1 amide bonds. The van der Waals surface area contributed by atoms with E-state index in [0.29, 0.717) is 12.1 Å². The third kappa shape index (κ3) is 3.10. The van der Waals surface area contributed by atoms with Crippen molar-refractivity contribution in [1.29, 1.82) is 0 Å². The normalized spacial score (nSPS) is 17.6. The number of aromatic nitrogens is 1. The van der Waals surface area contributed by atoms with Crippen molar-refractivity contribution in [2.24, 2.45) is 0 Å². The van der Waals surface area contributed by atoms with Gasteiger partial charge >= 0.3 is 0 Å². The molecule has 0 saturated heterocycles. The smallest absolute Gasteiger partial charge is 0.254 e. The molecule has 0 fully saturated rings. The summed E-state index contributed by atoms with van der Waals surface area (Å²) in [6, 6.07) is 10.8. The monoisotopic (exact) mass is 331 g/mol. The minimum atomic E-state index is -0.374. The Bertz CT molecular complexity index is 802. The minimum absolute atomic E-state index is 0.0120. The zero-order chi connectivity index (χ0) is 16.6. The molecule has 1 atom stereocenters. The molecule has 120 valence electrons. The van der Waals surface area contributed by atoms with Crippen LogP contribution >= 0.6 is 11.6 Å². The molecule has 0 aliphatic carbocycles. The summed E-state index contributed by atoms with van der Waals surface area (Å²) >= 11 is 5.87. The number of rotatable bonds is 1. The van der Waals surface area contributed by atoms with Gasteiger partial charge in [-0.1, -0.05) is 29.8 Å². The van der Waals surface area contributed by atoms with E-state index in [0.717, 1.165) is 17.8 Å². The van der Waals surface area contributed by atoms with Gasteiger partial charge in [0.25, 0.3) is 5.91 Å². The van der Waals surface area contributed by atoms with E-state index in [4.69, 9.17) is 11.6 Å². The van der Waals surface area contributed by atoms with E-state index in [1.807, 2.05) is 32.2 Å². The summed E-state index contributed by atoms with van der Waals surface area (Å²) in [5, 5.41) is 0.167. The van der Waals surface area contributed by atoms with Gasteiger partial charge in [0.1, 0.15) is 5.15 Å². The number of hydrogen-bond acceptors (Lipinski definition) is 3. The standard InChI is InChI=1S/C17H18ClN3O2/c1-11-9-20(2)14-6-4-3-5-12(14)10-21(11)17(23)13-7-15(18)19-16(22)8-13/h3-8,11H,9-10H2,1-2H3,(H,19,22)/t11-/m1/s1. The van der Waals surface area contributed by atoms with Crippen LogP contribution in [0.25, 0.3) is 0 Å². The van der Waals surface area contributed by atoms with Crippen molar-refractivity contribution >= 4 is 23.2 Å². The molecule has 3 rings (SSSR count). The van der Waals surface area contributed by atoms with Crippen LogP contribution in [0.5, 0.6) is 0 Å². The number of amides is 1. The SMILES string of the molecule is C[C@@H]1CN(C)c2ccccc2CN1C(=O)c1cc(Cl)[nH]c(=O)c1. The van der Waals surface area contributed by atoms with Crippen molar-refractivity contribution in [3.05, 3.63) is 63.0 Å². The van der Waals surface area contributed by atoms with Gasteiger partial charge < -0.3 is 14.8 Å². The number of nitrogens with one attached hydrogen (secondary N) is 1. The van der Waals surface area contributed by atoms with Gasteiger partial charge in [-0.3, -0.25) is 9.59 Å². The maximum absolute atomic E-state index is 12.9. The molecule has 23 heavy (non-hydrogen) atoms. The number of pyridine rings is 1. The quantitative estimate of drug-likeness (QED) is 0.817. The van der Waals surface area contributed by atoms with E-state index in [1.165, 1.54) is 12.1 Å². The van der Waals surface area contributed by atoms with Gasteiger partial charge in [0.15, 0.2) is 0 Å². The lowest BCUT2D eigenvalue weighted by Gasteiger charge is -2.28. The van der Waals surface area contributed by atoms with Crippen LogP contribution in [-0.4, -0.2) is 35.4 Å². The largest absolute Gasteiger partial charge is 0.372 e. The summed E-state index contributed by atoms with van der Waals surface area (Å²) in [5.41, 5.74) is 2.15. The number of hydrogen-bond donors (Lipinski definition) is 1. The molecular formula is C17H18ClN3O2. The lowest BCUT2D eigenvalue weighted by Crippen LogP contribution is -2.42. The maximum atomic E-state index is 12.9. The van der Waals surface area contributed by atoms with Gasteiger partial charge in [-0.2, -0.15) is 0 Å². The van der Waals surface area contributed by atoms with E-state index < -0.39 is 0 Å². The number of anilines is 1. The summed E-state index contributed by atoms with van der Waals surface area (Å²) in [4.78, 5) is 30.8. The van der Waals surface area contributed by atoms with Crippen molar-refractivity contribution in [3.63, 3.8) is 0 Å². The first-order valence-corrected chi connectivity index (χ1v) is 7.83. The van der Waals surface area contributed by atoms with Gasteiger partial charge in [-0.15, -0.1) is 0 Å². The van der Waals surface area contributed by atoms with Crippen LogP contribution in [0.1, 0.15) is 22.8 Å². The molecule has 1 aromatic heterocycles. The number of halogens is 1. The maximum Gasteiger partial charge on any atom is 0.254 e. The summed E-state index contributed by atoms with van der Waals surface area (Å²) < 4.78 is 0. The first-order chi connectivity index (χ1) is 11.0. The molecule has 1 N–H and O–H groups in total. The highest BCUT2D eigenvalue weighted by atomic mass is 35.5. The second kappa shape index (κ2) is 6.08. The number of likely N-dealkylation sites (N-methyl/N-ethyl adjacent to an activating group) is 1. The Balaban J connectivity index is 1.98. The van der Waals surface area contributed by atoms with Crippen LogP contribution in [0.2, 0.25) is 5.15 Å². The number of fused-ring (bicyclic) bond motifs is 1. The lowest BCUT2D eigenvalue weighted by atomic mass is 10.1. The summed E-state index contributed by atoms with van der Waals surface area (Å²) in [7, 11) is 2.02. The predicted octanol–water partition coefficient (Wildman–Crippen LogP) is 2.51. The average molecular weight is 332 g/mol. The van der Waals surface area contributed by atoms with Crippen molar-refractivity contribution in [2.45, 2.75) is 19.5 Å². The first kappa shape index (κ1) is 15.6. The number of carbonyl (C=O) groups excluding carboxylic acids is 1. The zero-order valence-electron chi connectivity index (χ0n) is 13.0. The van der Waals surface area contributed by atoms with Gasteiger partial charge in [0.05, 0.1) is 0 Å². The van der Waals surface area contributed by atoms with Crippen LogP contribution in [0.4, 0.5) is 5.69 Å². The highest BCUT2D eigenvalue weighted by Crippen LogP contribution is 2.27. The number of para-hydroxylation sites is 1. The average Bonchev–Trinajstić information content (AvgIpc) is 2.62. The van der Waals surface area contributed by atoms with E-state index in [1.54, 1.807) is 4.90 Å². The van der Waals surface area contributed by atoms with Crippen molar-refractivity contribution in [2.75, 3.05) is 18.5 Å². The number of carbonyl (C=O) groups is 1. The molecule has 2 heterocycles. The van der Waals surface area contributed by atoms with Crippen molar-refractivity contribution < 1.29 is 4.79 Å². The fourth-order valence-electron chi connectivity index (χ4n) is 3.02. The van der Waals surface area contributed by atoms with E-state index in [2.05, 4.69) is 16.0 Å². The van der Waals surface area contributed by atoms with Crippen LogP contribution in [0.15, 0.2) is 41.2 Å². The Morgan fingerprint density at radius 1 is 1.30 bits per heavy atom. The predicted molar refractivity (Wildman–Crippen MR) is 91.1 cm³/mol. The second-order valence-electron chi connectivity index (χ2n) is 5.87. The molecule has 0 saturated carbocycles. The molecule has 0 unspecified atom stereocenters. The molecule has 1 aliphatic rings. The van der Waals surface area contributed by atoms with E-state index in [9.17, 15) is 9.59 Å². The van der Waals surface area contributed by atoms with Crippen LogP contribution in [0, 0.1) is 0 Å². The number of aromatic amines is 1. The molecule has 0 bridgehead atoms. The first-order valence-electron chi connectivity index (χ1n) is 7.45.